The Hall–Kier alpha value is -7.50. The zero-order chi connectivity index (χ0) is 65.5. The Labute approximate surface area is 551 Å². The van der Waals surface area contributed by atoms with Gasteiger partial charge in [-0.15, -0.1) is 20.4 Å². The highest BCUT2D eigenvalue weighted by Crippen LogP contribution is 2.44. The maximum atomic E-state index is 13.2. The summed E-state index contributed by atoms with van der Waals surface area (Å²) in [6.07, 6.45) is 19.1. The predicted octanol–water partition coefficient (Wildman–Crippen LogP) is 12.9. The fourth-order valence-corrected chi connectivity index (χ4v) is 15.5. The van der Waals surface area contributed by atoms with Gasteiger partial charge in [0.1, 0.15) is 34.9 Å². The second kappa shape index (κ2) is 32.6. The van der Waals surface area contributed by atoms with Crippen molar-refractivity contribution in [2.45, 2.75) is 250 Å². The fraction of sp³-hybridized carbons (Fsp3) is 0.553. The van der Waals surface area contributed by atoms with E-state index in [2.05, 4.69) is 164 Å². The molecule has 17 nitrogen and oxygen atoms in total. The molecule has 7 heterocycles. The highest BCUT2D eigenvalue weighted by molar-refractivity contribution is 6.07. The van der Waals surface area contributed by atoms with E-state index >= 15 is 0 Å². The minimum atomic E-state index is -0.216. The lowest BCUT2D eigenvalue weighted by Crippen LogP contribution is -2.47. The Balaban J connectivity index is 0.000000203. The number of nitrogens with one attached hydrogen (secondary N) is 2. The van der Waals surface area contributed by atoms with Crippen molar-refractivity contribution < 1.29 is 28.8 Å². The van der Waals surface area contributed by atoms with Gasteiger partial charge in [-0.05, 0) is 170 Å². The number of aryl methyl sites for hydroxylation is 5. The van der Waals surface area contributed by atoms with E-state index in [1.165, 1.54) is 48.6 Å². The van der Waals surface area contributed by atoms with E-state index in [-0.39, 0.29) is 53.7 Å². The Kier molecular flexibility index (Phi) is 23.9. The molecular formula is C76H101N11O6. The van der Waals surface area contributed by atoms with Gasteiger partial charge in [0, 0.05) is 99.0 Å². The number of likely N-dealkylation sites (tertiary alicyclic amines) is 1. The zero-order valence-corrected chi connectivity index (χ0v) is 56.3. The molecule has 0 saturated carbocycles. The molecule has 5 fully saturated rings. The van der Waals surface area contributed by atoms with Gasteiger partial charge in [-0.25, -0.2) is 0 Å². The number of nitrogens with zero attached hydrogens (tertiary/aromatic N) is 9. The number of ketones is 2. The molecule has 4 amide bonds. The minimum absolute atomic E-state index is 0.000833. The molecule has 0 spiro atoms. The first-order valence-electron chi connectivity index (χ1n) is 35.0. The van der Waals surface area contributed by atoms with Crippen LogP contribution in [0.25, 0.3) is 0 Å². The van der Waals surface area contributed by atoms with Crippen molar-refractivity contribution in [1.82, 2.24) is 54.9 Å². The summed E-state index contributed by atoms with van der Waals surface area (Å²) in [6, 6.07) is 39.9. The van der Waals surface area contributed by atoms with Gasteiger partial charge in [0.05, 0.1) is 18.5 Å². The van der Waals surface area contributed by atoms with Crippen LogP contribution in [0.15, 0.2) is 109 Å². The van der Waals surface area contributed by atoms with Crippen molar-refractivity contribution in [3.63, 3.8) is 0 Å². The smallest absolute Gasteiger partial charge is 0.260 e. The average molecular weight is 1260 g/mol. The van der Waals surface area contributed by atoms with Crippen molar-refractivity contribution in [3.05, 3.63) is 166 Å². The van der Waals surface area contributed by atoms with Crippen molar-refractivity contribution in [2.24, 2.45) is 0 Å². The number of imide groups is 1. The molecule has 5 saturated heterocycles. The molecule has 4 unspecified atom stereocenters. The first kappa shape index (κ1) is 68.4. The molecular weight excluding hydrogens is 1160 g/mol. The van der Waals surface area contributed by atoms with Crippen LogP contribution < -0.4 is 10.6 Å². The molecule has 2 N–H and O–H groups in total. The van der Waals surface area contributed by atoms with Crippen LogP contribution in [0.1, 0.15) is 254 Å². The number of carbonyl (C=O) groups is 6. The fourth-order valence-electron chi connectivity index (χ4n) is 15.5. The number of amides is 4. The van der Waals surface area contributed by atoms with Crippen molar-refractivity contribution in [2.75, 3.05) is 19.6 Å². The number of carbonyl (C=O) groups excluding carboxylic acids is 6. The summed E-state index contributed by atoms with van der Waals surface area (Å²) < 4.78 is 4.83. The van der Waals surface area contributed by atoms with Gasteiger partial charge in [0.2, 0.25) is 17.7 Å². The Bertz CT molecular complexity index is 3430. The van der Waals surface area contributed by atoms with Gasteiger partial charge in [-0.1, -0.05) is 125 Å². The standard InChI is InChI=1S/C39H53N5O3.C37H48N6O3/c1-27(2)39-42-41-29(4)44(39)35-25-33-19-20-34(26-35)43(33)23-22-37(32-11-6-5-7-12-32)40-38(47)13-9-8-10-30-14-16-31(17-15-30)18-21-36(46)24-28(3)45;1-25(2)36-40-39-26(3)43(36)32-23-30-17-18-31(24-32)41(30)21-19-33(28-10-5-4-6-11-28)38-34(44)12-8-7-9-27-13-15-29(16-14-27)37(46)42-22-20-35(42)45/h5-7,11-12,14-17,27,33-35,37H,8-10,13,18-26H2,1-4H3,(H,40,47);4-6,10-11,13-16,25,30-33H,7-9,12,17-24H2,1-3H3,(H,38,44)/t33?,34?,35?,37-;30?,31?,32?,33-/m00/s1. The van der Waals surface area contributed by atoms with E-state index < -0.39 is 0 Å². The van der Waals surface area contributed by atoms with Crippen LogP contribution in [-0.2, 0) is 43.2 Å². The number of hydrogen-bond acceptors (Lipinski definition) is 12. The lowest BCUT2D eigenvalue weighted by molar-refractivity contribution is -0.136. The van der Waals surface area contributed by atoms with Gasteiger partial charge in [0.25, 0.3) is 5.91 Å². The largest absolute Gasteiger partial charge is 0.349 e. The topological polar surface area (TPSA) is 198 Å². The highest BCUT2D eigenvalue weighted by Gasteiger charge is 2.44. The molecule has 6 atom stereocenters. The summed E-state index contributed by atoms with van der Waals surface area (Å²) in [7, 11) is 0. The van der Waals surface area contributed by atoms with Gasteiger partial charge < -0.3 is 19.8 Å². The van der Waals surface area contributed by atoms with Crippen LogP contribution in [-0.4, -0.2) is 123 Å². The van der Waals surface area contributed by atoms with E-state index in [0.29, 0.717) is 92.3 Å². The number of benzene rings is 4. The lowest BCUT2D eigenvalue weighted by atomic mass is 9.95. The van der Waals surface area contributed by atoms with Crippen molar-refractivity contribution >= 4 is 35.2 Å². The first-order chi connectivity index (χ1) is 45.0. The third-order valence-electron chi connectivity index (χ3n) is 20.4. The quantitative estimate of drug-likeness (QED) is 0.0188. The van der Waals surface area contributed by atoms with E-state index in [0.717, 1.165) is 130 Å². The summed E-state index contributed by atoms with van der Waals surface area (Å²) in [6.45, 7) is 16.9. The van der Waals surface area contributed by atoms with Gasteiger partial charge in [-0.3, -0.25) is 43.5 Å². The molecule has 5 aliphatic heterocycles. The van der Waals surface area contributed by atoms with Crippen molar-refractivity contribution in [1.29, 1.82) is 0 Å². The van der Waals surface area contributed by atoms with Crippen LogP contribution in [0.5, 0.6) is 0 Å². The number of fused-ring (bicyclic) bond motifs is 4. The van der Waals surface area contributed by atoms with E-state index in [1.54, 1.807) is 12.1 Å². The zero-order valence-electron chi connectivity index (χ0n) is 56.3. The van der Waals surface area contributed by atoms with E-state index in [9.17, 15) is 28.8 Å². The molecule has 17 heteroatoms. The second-order valence-electron chi connectivity index (χ2n) is 27.8. The average Bonchev–Trinajstić information content (AvgIpc) is 1.72. The number of unbranched alkanes of at least 4 members (excludes halogenated alkanes) is 2. The van der Waals surface area contributed by atoms with Crippen LogP contribution in [0.2, 0.25) is 0 Å². The summed E-state index contributed by atoms with van der Waals surface area (Å²) >= 11 is 0. The number of aromatic nitrogens is 6. The molecule has 496 valence electrons. The maximum absolute atomic E-state index is 13.2. The number of piperidine rings is 2. The Morgan fingerprint density at radius 3 is 1.29 bits per heavy atom. The van der Waals surface area contributed by atoms with E-state index in [1.807, 2.05) is 24.3 Å². The Morgan fingerprint density at radius 1 is 0.505 bits per heavy atom. The van der Waals surface area contributed by atoms with Gasteiger partial charge >= 0.3 is 0 Å². The number of Topliss-reactive ketones (excluding diaryl/α,β-unsaturated/α-hetero) is 2. The minimum Gasteiger partial charge on any atom is -0.349 e. The van der Waals surface area contributed by atoms with Crippen LogP contribution in [0.4, 0.5) is 0 Å². The molecule has 6 aromatic rings. The van der Waals surface area contributed by atoms with Crippen LogP contribution in [0, 0.1) is 13.8 Å². The molecule has 2 aromatic heterocycles. The SMILES string of the molecule is CC(=O)CC(=O)CCc1ccc(CCCCC(=O)N[C@@H](CCN2C3CCC2CC(n2c(C)nnc2C(C)C)C3)c2ccccc2)cc1.Cc1nnc(C(C)C)n1C1CC2CCC(C1)N2CC[C@H](NC(=O)CCCCc1ccc(C(=O)N2CCC2=O)cc1)c1ccccc1. The van der Waals surface area contributed by atoms with E-state index in [4.69, 9.17) is 0 Å². The number of rotatable bonds is 30. The van der Waals surface area contributed by atoms with Gasteiger partial charge in [0.15, 0.2) is 0 Å². The van der Waals surface area contributed by atoms with Crippen LogP contribution in [0.3, 0.4) is 0 Å². The molecule has 0 aliphatic carbocycles. The number of hydrogen-bond donors (Lipinski definition) is 2. The third-order valence-corrected chi connectivity index (χ3v) is 20.4. The molecule has 11 rings (SSSR count). The predicted molar refractivity (Wildman–Crippen MR) is 362 cm³/mol. The normalized spacial score (nSPS) is 20.9. The lowest BCUT2D eigenvalue weighted by Gasteiger charge is -2.40. The van der Waals surface area contributed by atoms with Crippen molar-refractivity contribution in [3.8, 4) is 0 Å². The summed E-state index contributed by atoms with van der Waals surface area (Å²) in [4.78, 5) is 80.0. The molecule has 4 aromatic carbocycles. The van der Waals surface area contributed by atoms with Crippen LogP contribution >= 0.6 is 0 Å². The van der Waals surface area contributed by atoms with Gasteiger partial charge in [-0.2, -0.15) is 0 Å². The highest BCUT2D eigenvalue weighted by atomic mass is 16.2. The molecule has 4 bridgehead atoms. The molecule has 0 radical (unpaired) electrons. The second-order valence-corrected chi connectivity index (χ2v) is 27.8. The monoisotopic (exact) mass is 1260 g/mol. The Morgan fingerprint density at radius 2 is 0.914 bits per heavy atom. The molecule has 5 aliphatic rings. The molecule has 93 heavy (non-hydrogen) atoms. The number of β-lactam (4-membered cyclic amide) rings is 1. The summed E-state index contributed by atoms with van der Waals surface area (Å²) in [5.41, 5.74) is 6.37. The maximum Gasteiger partial charge on any atom is 0.260 e. The summed E-state index contributed by atoms with van der Waals surface area (Å²) in [5, 5.41) is 24.6. The summed E-state index contributed by atoms with van der Waals surface area (Å²) in [5.74, 6) is 4.82. The first-order valence-corrected chi connectivity index (χ1v) is 35.0. The third kappa shape index (κ3) is 18.1.